The highest BCUT2D eigenvalue weighted by molar-refractivity contribution is 6.33. The first-order valence-corrected chi connectivity index (χ1v) is 9.15. The van der Waals surface area contributed by atoms with E-state index in [1.54, 1.807) is 19.1 Å². The number of hydrogen-bond acceptors (Lipinski definition) is 5. The van der Waals surface area contributed by atoms with Gasteiger partial charge in [0.05, 0.1) is 24.6 Å². The van der Waals surface area contributed by atoms with Crippen molar-refractivity contribution in [3.63, 3.8) is 0 Å². The first-order valence-electron chi connectivity index (χ1n) is 8.78. The van der Waals surface area contributed by atoms with Gasteiger partial charge in [0.15, 0.2) is 5.82 Å². The minimum absolute atomic E-state index is 0.0653. The molecule has 3 rings (SSSR count). The molecule has 6 nitrogen and oxygen atoms in total. The Morgan fingerprint density at radius 1 is 1.20 bits per heavy atom. The second-order valence-electron chi connectivity index (χ2n) is 6.63. The smallest absolute Gasteiger partial charge is 0.417 e. The number of benzene rings is 1. The Balaban J connectivity index is 1.91. The van der Waals surface area contributed by atoms with Crippen LogP contribution < -0.4 is 15.2 Å². The molecule has 0 unspecified atom stereocenters. The van der Waals surface area contributed by atoms with Crippen molar-refractivity contribution in [2.75, 3.05) is 19.1 Å². The highest BCUT2D eigenvalue weighted by atomic mass is 35.5. The largest absolute Gasteiger partial charge is 0.496 e. The van der Waals surface area contributed by atoms with Gasteiger partial charge in [-0.05, 0) is 25.1 Å². The summed E-state index contributed by atoms with van der Waals surface area (Å²) in [4.78, 5) is 18.1. The van der Waals surface area contributed by atoms with E-state index in [0.717, 1.165) is 27.9 Å². The molecular weight excluding hydrogens is 421 g/mol. The van der Waals surface area contributed by atoms with Crippen molar-refractivity contribution in [2.24, 2.45) is 0 Å². The van der Waals surface area contributed by atoms with Gasteiger partial charge in [0.25, 0.3) is 5.56 Å². The van der Waals surface area contributed by atoms with Crippen LogP contribution in [0.25, 0.3) is 5.82 Å². The molecule has 0 spiro atoms. The summed E-state index contributed by atoms with van der Waals surface area (Å²) in [5.41, 5.74) is 0.698. The first-order chi connectivity index (χ1) is 14.1. The summed E-state index contributed by atoms with van der Waals surface area (Å²) in [5.74, 6) is 0.628. The van der Waals surface area contributed by atoms with Crippen molar-refractivity contribution < 1.29 is 17.9 Å². The molecular formula is C20H18ClF3N4O2. The predicted octanol–water partition coefficient (Wildman–Crippen LogP) is 4.25. The van der Waals surface area contributed by atoms with E-state index in [9.17, 15) is 18.0 Å². The van der Waals surface area contributed by atoms with E-state index < -0.39 is 17.3 Å². The molecule has 0 amide bonds. The summed E-state index contributed by atoms with van der Waals surface area (Å²) in [6, 6.07) is 7.63. The van der Waals surface area contributed by atoms with Crippen molar-refractivity contribution in [1.29, 1.82) is 0 Å². The van der Waals surface area contributed by atoms with Crippen LogP contribution in [0.3, 0.4) is 0 Å². The van der Waals surface area contributed by atoms with Crippen molar-refractivity contribution in [3.05, 3.63) is 74.8 Å². The number of ether oxygens (including phenoxy) is 1. The van der Waals surface area contributed by atoms with Crippen LogP contribution in [0.15, 0.2) is 47.5 Å². The van der Waals surface area contributed by atoms with Gasteiger partial charge in [0, 0.05) is 25.4 Å². The number of pyridine rings is 1. The molecule has 2 aromatic heterocycles. The number of aryl methyl sites for hydroxylation is 1. The Bertz CT molecular complexity index is 1110. The highest BCUT2D eigenvalue weighted by Gasteiger charge is 2.30. The molecule has 0 saturated heterocycles. The van der Waals surface area contributed by atoms with Gasteiger partial charge in [0.2, 0.25) is 0 Å². The van der Waals surface area contributed by atoms with Crippen LogP contribution in [0.2, 0.25) is 5.02 Å². The Labute approximate surface area is 175 Å². The quantitative estimate of drug-likeness (QED) is 0.596. The van der Waals surface area contributed by atoms with E-state index in [1.165, 1.54) is 6.20 Å². The van der Waals surface area contributed by atoms with Gasteiger partial charge < -0.3 is 9.64 Å². The maximum atomic E-state index is 12.7. The molecule has 0 N–H and O–H groups in total. The number of methoxy groups -OCH3 is 1. The fraction of sp³-hybridized carbons (Fsp3) is 0.250. The van der Waals surface area contributed by atoms with Gasteiger partial charge in [-0.2, -0.15) is 23.0 Å². The van der Waals surface area contributed by atoms with Crippen molar-refractivity contribution in [3.8, 4) is 11.6 Å². The van der Waals surface area contributed by atoms with Gasteiger partial charge in [-0.1, -0.05) is 29.3 Å². The fourth-order valence-electron chi connectivity index (χ4n) is 2.90. The lowest BCUT2D eigenvalue weighted by molar-refractivity contribution is -0.137. The summed E-state index contributed by atoms with van der Waals surface area (Å²) in [6.45, 7) is 2.35. The zero-order valence-corrected chi connectivity index (χ0v) is 17.1. The number of aromatic nitrogens is 3. The third kappa shape index (κ3) is 4.40. The molecule has 10 heteroatoms. The lowest BCUT2D eigenvalue weighted by Gasteiger charge is -2.22. The van der Waals surface area contributed by atoms with Gasteiger partial charge in [-0.15, -0.1) is 0 Å². The lowest BCUT2D eigenvalue weighted by Crippen LogP contribution is -2.27. The minimum Gasteiger partial charge on any atom is -0.496 e. The van der Waals surface area contributed by atoms with E-state index in [2.05, 4.69) is 10.1 Å². The molecule has 1 aromatic carbocycles. The molecule has 3 aromatic rings. The van der Waals surface area contributed by atoms with E-state index in [0.29, 0.717) is 24.2 Å². The van der Waals surface area contributed by atoms with Crippen LogP contribution in [0.5, 0.6) is 5.75 Å². The SMILES string of the molecule is COc1ccc(C)cc1CN(C)c1cnn(-c2ccc(C(F)(F)F)cn2)c(=O)c1Cl. The molecule has 158 valence electrons. The number of alkyl halides is 3. The molecule has 0 bridgehead atoms. The monoisotopic (exact) mass is 438 g/mol. The van der Waals surface area contributed by atoms with Crippen molar-refractivity contribution in [2.45, 2.75) is 19.6 Å². The standard InChI is InChI=1S/C20H18ClF3N4O2/c1-12-4-6-16(30-3)13(8-12)11-27(2)15-10-26-28(19(29)18(15)21)17-7-5-14(9-25-17)20(22,23)24/h4-10H,11H2,1-3H3. The second-order valence-corrected chi connectivity index (χ2v) is 7.01. The van der Waals surface area contributed by atoms with Crippen LogP contribution >= 0.6 is 11.6 Å². The third-order valence-corrected chi connectivity index (χ3v) is 4.80. The maximum absolute atomic E-state index is 12.7. The van der Waals surface area contributed by atoms with Gasteiger partial charge >= 0.3 is 6.18 Å². The number of hydrogen-bond donors (Lipinski definition) is 0. The summed E-state index contributed by atoms with van der Waals surface area (Å²) in [5, 5.41) is 3.90. The summed E-state index contributed by atoms with van der Waals surface area (Å²) < 4.78 is 44.3. The van der Waals surface area contributed by atoms with Crippen LogP contribution in [0, 0.1) is 6.92 Å². The van der Waals surface area contributed by atoms with Crippen LogP contribution in [-0.4, -0.2) is 28.9 Å². The Morgan fingerprint density at radius 3 is 2.53 bits per heavy atom. The normalized spacial score (nSPS) is 11.4. The summed E-state index contributed by atoms with van der Waals surface area (Å²) in [6.07, 6.45) is -2.52. The van der Waals surface area contributed by atoms with Crippen LogP contribution in [0.4, 0.5) is 18.9 Å². The molecule has 0 fully saturated rings. The van der Waals surface area contributed by atoms with Crippen molar-refractivity contribution in [1.82, 2.24) is 14.8 Å². The molecule has 2 heterocycles. The minimum atomic E-state index is -4.52. The maximum Gasteiger partial charge on any atom is 0.417 e. The number of halogens is 4. The van der Waals surface area contributed by atoms with E-state index in [4.69, 9.17) is 16.3 Å². The zero-order valence-electron chi connectivity index (χ0n) is 16.4. The number of anilines is 1. The van der Waals surface area contributed by atoms with E-state index in [1.807, 2.05) is 25.1 Å². The molecule has 0 saturated carbocycles. The highest BCUT2D eigenvalue weighted by Crippen LogP contribution is 2.29. The third-order valence-electron chi connectivity index (χ3n) is 4.45. The molecule has 0 radical (unpaired) electrons. The lowest BCUT2D eigenvalue weighted by atomic mass is 10.1. The van der Waals surface area contributed by atoms with Gasteiger partial charge in [-0.25, -0.2) is 4.98 Å². The molecule has 0 atom stereocenters. The number of nitrogens with zero attached hydrogens (tertiary/aromatic N) is 4. The van der Waals surface area contributed by atoms with Crippen LogP contribution in [-0.2, 0) is 12.7 Å². The molecule has 0 aliphatic carbocycles. The summed E-state index contributed by atoms with van der Waals surface area (Å²) in [7, 11) is 3.31. The Hall–Kier alpha value is -3.07. The molecule has 0 aliphatic heterocycles. The topological polar surface area (TPSA) is 60.2 Å². The van der Waals surface area contributed by atoms with Crippen molar-refractivity contribution >= 4 is 17.3 Å². The summed E-state index contributed by atoms with van der Waals surface area (Å²) >= 11 is 6.26. The van der Waals surface area contributed by atoms with Gasteiger partial charge in [0.1, 0.15) is 10.8 Å². The average molecular weight is 439 g/mol. The van der Waals surface area contributed by atoms with Gasteiger partial charge in [-0.3, -0.25) is 4.79 Å². The van der Waals surface area contributed by atoms with E-state index in [-0.39, 0.29) is 10.8 Å². The fourth-order valence-corrected chi connectivity index (χ4v) is 3.18. The molecule has 0 aliphatic rings. The molecule has 30 heavy (non-hydrogen) atoms. The number of rotatable bonds is 5. The predicted molar refractivity (Wildman–Crippen MR) is 107 cm³/mol. The van der Waals surface area contributed by atoms with Crippen LogP contribution in [0.1, 0.15) is 16.7 Å². The van der Waals surface area contributed by atoms with E-state index >= 15 is 0 Å². The average Bonchev–Trinajstić information content (AvgIpc) is 2.69. The Kier molecular flexibility index (Phi) is 6.02. The second kappa shape index (κ2) is 8.35. The zero-order chi connectivity index (χ0) is 22.1. The first kappa shape index (κ1) is 21.6. The Morgan fingerprint density at radius 2 is 1.93 bits per heavy atom.